The molecule has 23 heavy (non-hydrogen) atoms. The number of urea groups is 1. The lowest BCUT2D eigenvalue weighted by Gasteiger charge is -2.33. The van der Waals surface area contributed by atoms with Crippen LogP contribution in [0.5, 0.6) is 0 Å². The zero-order valence-electron chi connectivity index (χ0n) is 14.1. The van der Waals surface area contributed by atoms with Gasteiger partial charge in [0.1, 0.15) is 5.82 Å². The zero-order chi connectivity index (χ0) is 16.2. The summed E-state index contributed by atoms with van der Waals surface area (Å²) in [5, 5.41) is 6.22. The largest absolute Gasteiger partial charge is 0.356 e. The first kappa shape index (κ1) is 16.1. The van der Waals surface area contributed by atoms with Crippen LogP contribution in [0.4, 0.5) is 10.6 Å². The number of hydrogen-bond donors (Lipinski definition) is 2. The Morgan fingerprint density at radius 2 is 1.83 bits per heavy atom. The molecule has 0 aromatic carbocycles. The number of aromatic nitrogens is 1. The third-order valence-electron chi connectivity index (χ3n) is 4.75. The molecule has 0 radical (unpaired) electrons. The van der Waals surface area contributed by atoms with E-state index in [1.165, 1.54) is 0 Å². The quantitative estimate of drug-likeness (QED) is 0.884. The van der Waals surface area contributed by atoms with Gasteiger partial charge in [-0.3, -0.25) is 0 Å². The molecule has 0 unspecified atom stereocenters. The van der Waals surface area contributed by atoms with Crippen molar-refractivity contribution in [2.24, 2.45) is 0 Å². The van der Waals surface area contributed by atoms with Crippen LogP contribution in [0.3, 0.4) is 0 Å². The van der Waals surface area contributed by atoms with Crippen molar-refractivity contribution < 1.29 is 4.79 Å². The molecule has 0 bridgehead atoms. The van der Waals surface area contributed by atoms with Crippen molar-refractivity contribution in [2.75, 3.05) is 38.1 Å². The van der Waals surface area contributed by atoms with Gasteiger partial charge in [0, 0.05) is 37.4 Å². The molecule has 2 aliphatic heterocycles. The Morgan fingerprint density at radius 3 is 2.48 bits per heavy atom. The number of likely N-dealkylation sites (N-methyl/N-ethyl adjacent to an activating group) is 1. The molecule has 0 spiro atoms. The van der Waals surface area contributed by atoms with Gasteiger partial charge in [-0.15, -0.1) is 0 Å². The Labute approximate surface area is 138 Å². The molecule has 1 aromatic heterocycles. The van der Waals surface area contributed by atoms with Crippen LogP contribution in [0, 0.1) is 6.92 Å². The summed E-state index contributed by atoms with van der Waals surface area (Å²) in [5.41, 5.74) is 1.05. The SMILES string of the molecule is Cc1cccc(N2CCC(NC(=O)N[C@@H]3CCN(C)C3)CC2)n1. The third-order valence-corrected chi connectivity index (χ3v) is 4.75. The molecule has 6 heteroatoms. The molecule has 126 valence electrons. The van der Waals surface area contributed by atoms with Crippen molar-refractivity contribution in [3.63, 3.8) is 0 Å². The second-order valence-electron chi connectivity index (χ2n) is 6.76. The summed E-state index contributed by atoms with van der Waals surface area (Å²) in [4.78, 5) is 21.2. The second-order valence-corrected chi connectivity index (χ2v) is 6.76. The topological polar surface area (TPSA) is 60.5 Å². The van der Waals surface area contributed by atoms with Crippen LogP contribution in [0.25, 0.3) is 0 Å². The second kappa shape index (κ2) is 7.17. The van der Waals surface area contributed by atoms with Crippen molar-refractivity contribution in [1.29, 1.82) is 0 Å². The minimum Gasteiger partial charge on any atom is -0.356 e. The number of nitrogens with one attached hydrogen (secondary N) is 2. The Hall–Kier alpha value is -1.82. The molecule has 2 aliphatic rings. The number of carbonyl (C=O) groups excluding carboxylic acids is 1. The van der Waals surface area contributed by atoms with Crippen LogP contribution in [0.2, 0.25) is 0 Å². The zero-order valence-corrected chi connectivity index (χ0v) is 14.1. The molecule has 2 N–H and O–H groups in total. The van der Waals surface area contributed by atoms with E-state index in [1.807, 2.05) is 19.1 Å². The van der Waals surface area contributed by atoms with Crippen molar-refractivity contribution >= 4 is 11.8 Å². The van der Waals surface area contributed by atoms with Gasteiger partial charge >= 0.3 is 6.03 Å². The fourth-order valence-electron chi connectivity index (χ4n) is 3.42. The van der Waals surface area contributed by atoms with E-state index in [2.05, 4.69) is 38.5 Å². The summed E-state index contributed by atoms with van der Waals surface area (Å²) < 4.78 is 0. The molecule has 2 fully saturated rings. The van der Waals surface area contributed by atoms with Crippen LogP contribution >= 0.6 is 0 Å². The molecule has 3 rings (SSSR count). The van der Waals surface area contributed by atoms with E-state index in [4.69, 9.17) is 0 Å². The molecular formula is C17H27N5O. The average Bonchev–Trinajstić information content (AvgIpc) is 2.93. The number of pyridine rings is 1. The molecule has 1 atom stereocenters. The average molecular weight is 317 g/mol. The molecule has 6 nitrogen and oxygen atoms in total. The van der Waals surface area contributed by atoms with E-state index in [0.29, 0.717) is 0 Å². The minimum atomic E-state index is -0.0163. The lowest BCUT2D eigenvalue weighted by Crippen LogP contribution is -2.50. The van der Waals surface area contributed by atoms with Crippen LogP contribution in [-0.4, -0.2) is 61.2 Å². The van der Waals surface area contributed by atoms with Gasteiger partial charge < -0.3 is 20.4 Å². The number of anilines is 1. The highest BCUT2D eigenvalue weighted by Crippen LogP contribution is 2.18. The molecule has 2 saturated heterocycles. The van der Waals surface area contributed by atoms with E-state index in [-0.39, 0.29) is 18.1 Å². The van der Waals surface area contributed by atoms with Gasteiger partial charge in [-0.05, 0) is 51.9 Å². The van der Waals surface area contributed by atoms with Gasteiger partial charge in [0.05, 0.1) is 0 Å². The standard InChI is InChI=1S/C17H27N5O/c1-13-4-3-5-16(18-13)22-10-7-14(8-11-22)19-17(23)20-15-6-9-21(2)12-15/h3-5,14-15H,6-12H2,1-2H3,(H2,19,20,23)/t15-/m1/s1. The van der Waals surface area contributed by atoms with Gasteiger partial charge in [-0.1, -0.05) is 6.07 Å². The number of amides is 2. The molecule has 0 saturated carbocycles. The van der Waals surface area contributed by atoms with Gasteiger partial charge in [0.25, 0.3) is 0 Å². The van der Waals surface area contributed by atoms with Crippen molar-refractivity contribution in [1.82, 2.24) is 20.5 Å². The van der Waals surface area contributed by atoms with Crippen LogP contribution < -0.4 is 15.5 Å². The predicted molar refractivity (Wildman–Crippen MR) is 91.8 cm³/mol. The molecular weight excluding hydrogens is 290 g/mol. The number of hydrogen-bond acceptors (Lipinski definition) is 4. The lowest BCUT2D eigenvalue weighted by atomic mass is 10.1. The van der Waals surface area contributed by atoms with Gasteiger partial charge in [0.15, 0.2) is 0 Å². The smallest absolute Gasteiger partial charge is 0.315 e. The van der Waals surface area contributed by atoms with Crippen molar-refractivity contribution in [3.8, 4) is 0 Å². The molecule has 0 aliphatic carbocycles. The van der Waals surface area contributed by atoms with Crippen molar-refractivity contribution in [2.45, 2.75) is 38.3 Å². The number of nitrogens with zero attached hydrogens (tertiary/aromatic N) is 3. The fourth-order valence-corrected chi connectivity index (χ4v) is 3.42. The van der Waals surface area contributed by atoms with Crippen molar-refractivity contribution in [3.05, 3.63) is 23.9 Å². The maximum Gasteiger partial charge on any atom is 0.315 e. The molecule has 2 amide bonds. The highest BCUT2D eigenvalue weighted by molar-refractivity contribution is 5.74. The molecule has 1 aromatic rings. The van der Waals surface area contributed by atoms with Crippen LogP contribution in [0.15, 0.2) is 18.2 Å². The summed E-state index contributed by atoms with van der Waals surface area (Å²) in [5.74, 6) is 1.04. The third kappa shape index (κ3) is 4.34. The Kier molecular flexibility index (Phi) is 5.00. The Morgan fingerprint density at radius 1 is 1.13 bits per heavy atom. The number of likely N-dealkylation sites (tertiary alicyclic amines) is 1. The fraction of sp³-hybridized carbons (Fsp3) is 0.647. The van der Waals surface area contributed by atoms with Gasteiger partial charge in [0.2, 0.25) is 0 Å². The van der Waals surface area contributed by atoms with Gasteiger partial charge in [-0.25, -0.2) is 9.78 Å². The maximum absolute atomic E-state index is 12.1. The first-order valence-corrected chi connectivity index (χ1v) is 8.54. The Balaban J connectivity index is 1.43. The van der Waals surface area contributed by atoms with E-state index in [0.717, 1.165) is 57.0 Å². The summed E-state index contributed by atoms with van der Waals surface area (Å²) in [7, 11) is 2.09. The highest BCUT2D eigenvalue weighted by Gasteiger charge is 2.24. The van der Waals surface area contributed by atoms with E-state index < -0.39 is 0 Å². The predicted octanol–water partition coefficient (Wildman–Crippen LogP) is 1.36. The maximum atomic E-state index is 12.1. The number of rotatable bonds is 3. The van der Waals surface area contributed by atoms with E-state index in [9.17, 15) is 4.79 Å². The summed E-state index contributed by atoms with van der Waals surface area (Å²) in [6.45, 7) is 5.90. The summed E-state index contributed by atoms with van der Waals surface area (Å²) in [6, 6.07) is 6.66. The molecule has 3 heterocycles. The van der Waals surface area contributed by atoms with Crippen LogP contribution in [-0.2, 0) is 0 Å². The summed E-state index contributed by atoms with van der Waals surface area (Å²) >= 11 is 0. The highest BCUT2D eigenvalue weighted by atomic mass is 16.2. The minimum absolute atomic E-state index is 0.0163. The van der Waals surface area contributed by atoms with E-state index >= 15 is 0 Å². The summed E-state index contributed by atoms with van der Waals surface area (Å²) in [6.07, 6.45) is 2.97. The Bertz CT molecular complexity index is 542. The first-order chi connectivity index (χ1) is 11.1. The monoisotopic (exact) mass is 317 g/mol. The lowest BCUT2D eigenvalue weighted by molar-refractivity contribution is 0.230. The van der Waals surface area contributed by atoms with E-state index in [1.54, 1.807) is 0 Å². The van der Waals surface area contributed by atoms with Gasteiger partial charge in [-0.2, -0.15) is 0 Å². The number of aryl methyl sites for hydroxylation is 1. The van der Waals surface area contributed by atoms with Crippen LogP contribution in [0.1, 0.15) is 25.0 Å². The number of piperidine rings is 1. The normalized spacial score (nSPS) is 23.0. The number of carbonyl (C=O) groups is 1. The first-order valence-electron chi connectivity index (χ1n) is 8.54.